The van der Waals surface area contributed by atoms with Gasteiger partial charge in [0.25, 0.3) is 0 Å². The van der Waals surface area contributed by atoms with Gasteiger partial charge in [-0.15, -0.1) is 0 Å². The molecule has 0 radical (unpaired) electrons. The Morgan fingerprint density at radius 3 is 2.35 bits per heavy atom. The molecular formula is C17H27NOS. The van der Waals surface area contributed by atoms with Crippen molar-refractivity contribution in [1.82, 2.24) is 0 Å². The molecule has 0 fully saturated rings. The first-order chi connectivity index (χ1) is 9.93. The van der Waals surface area contributed by atoms with Crippen LogP contribution in [0.5, 0.6) is 0 Å². The second-order valence-electron chi connectivity index (χ2n) is 4.90. The highest BCUT2D eigenvalue weighted by Gasteiger charge is 1.92. The number of aliphatic imine (C=N–C) groups is 1. The molecule has 0 aliphatic carbocycles. The minimum atomic E-state index is 0.337. The average molecular weight is 293 g/mol. The van der Waals surface area contributed by atoms with Gasteiger partial charge in [-0.05, 0) is 42.8 Å². The van der Waals surface area contributed by atoms with Crippen LogP contribution in [0, 0.1) is 0 Å². The van der Waals surface area contributed by atoms with E-state index in [0.29, 0.717) is 6.61 Å². The molecule has 0 bridgehead atoms. The van der Waals surface area contributed by atoms with Crippen LogP contribution in [0.1, 0.15) is 44.1 Å². The van der Waals surface area contributed by atoms with Gasteiger partial charge in [-0.25, -0.2) is 0 Å². The molecule has 1 aromatic carbocycles. The number of aliphatic hydroxyl groups excluding tert-OH is 1. The molecule has 0 atom stereocenters. The number of thioether (sulfide) groups is 1. The van der Waals surface area contributed by atoms with Crippen LogP contribution in [0.2, 0.25) is 0 Å². The summed E-state index contributed by atoms with van der Waals surface area (Å²) in [4.78, 5) is 4.46. The van der Waals surface area contributed by atoms with Crippen LogP contribution in [-0.2, 0) is 0 Å². The lowest BCUT2D eigenvalue weighted by Gasteiger charge is -2.01. The minimum absolute atomic E-state index is 0.337. The molecule has 2 nitrogen and oxygen atoms in total. The molecule has 112 valence electrons. The highest BCUT2D eigenvalue weighted by Crippen LogP contribution is 2.09. The van der Waals surface area contributed by atoms with Gasteiger partial charge in [0.15, 0.2) is 0 Å². The summed E-state index contributed by atoms with van der Waals surface area (Å²) in [5.41, 5.74) is 1.19. The molecule has 0 aromatic heterocycles. The Morgan fingerprint density at radius 1 is 0.900 bits per heavy atom. The van der Waals surface area contributed by atoms with Gasteiger partial charge in [-0.2, -0.15) is 11.8 Å². The third-order valence-electron chi connectivity index (χ3n) is 3.06. The molecule has 0 amide bonds. The van der Waals surface area contributed by atoms with Crippen molar-refractivity contribution in [2.75, 3.05) is 24.7 Å². The van der Waals surface area contributed by atoms with Crippen molar-refractivity contribution < 1.29 is 5.11 Å². The van der Waals surface area contributed by atoms with Gasteiger partial charge in [-0.3, -0.25) is 4.99 Å². The van der Waals surface area contributed by atoms with Crippen LogP contribution >= 0.6 is 11.8 Å². The number of aliphatic hydroxyl groups is 1. The first-order valence-electron chi connectivity index (χ1n) is 7.67. The van der Waals surface area contributed by atoms with Crippen molar-refractivity contribution in [3.63, 3.8) is 0 Å². The third kappa shape index (κ3) is 10.0. The maximum atomic E-state index is 8.66. The SMILES string of the molecule is OCCCCSCCCCCCN=Cc1ccccc1. The second kappa shape index (κ2) is 13.2. The Hall–Kier alpha value is -0.800. The van der Waals surface area contributed by atoms with E-state index in [1.165, 1.54) is 42.8 Å². The van der Waals surface area contributed by atoms with Gasteiger partial charge in [-0.1, -0.05) is 43.2 Å². The molecule has 0 saturated heterocycles. The topological polar surface area (TPSA) is 32.6 Å². The fourth-order valence-electron chi connectivity index (χ4n) is 1.89. The largest absolute Gasteiger partial charge is 0.396 e. The quantitative estimate of drug-likeness (QED) is 0.463. The lowest BCUT2D eigenvalue weighted by Crippen LogP contribution is -1.89. The normalized spacial score (nSPS) is 11.2. The Balaban J connectivity index is 1.84. The van der Waals surface area contributed by atoms with Crippen LogP contribution in [-0.4, -0.2) is 36.0 Å². The van der Waals surface area contributed by atoms with E-state index in [-0.39, 0.29) is 0 Å². The van der Waals surface area contributed by atoms with E-state index in [4.69, 9.17) is 5.11 Å². The van der Waals surface area contributed by atoms with Gasteiger partial charge in [0, 0.05) is 19.4 Å². The van der Waals surface area contributed by atoms with Crippen molar-refractivity contribution >= 4 is 18.0 Å². The smallest absolute Gasteiger partial charge is 0.0431 e. The summed E-state index contributed by atoms with van der Waals surface area (Å²) in [5, 5.41) is 8.66. The Kier molecular flexibility index (Phi) is 11.4. The predicted octanol–water partition coefficient (Wildman–Crippen LogP) is 4.17. The highest BCUT2D eigenvalue weighted by molar-refractivity contribution is 7.99. The van der Waals surface area contributed by atoms with Crippen molar-refractivity contribution in [3.8, 4) is 0 Å². The van der Waals surface area contributed by atoms with Gasteiger partial charge in [0.2, 0.25) is 0 Å². The summed E-state index contributed by atoms with van der Waals surface area (Å²) in [6, 6.07) is 10.3. The summed E-state index contributed by atoms with van der Waals surface area (Å²) >= 11 is 2.02. The molecule has 0 unspecified atom stereocenters. The molecule has 3 heteroatoms. The molecule has 1 rings (SSSR count). The van der Waals surface area contributed by atoms with E-state index in [1.54, 1.807) is 0 Å². The van der Waals surface area contributed by atoms with Crippen LogP contribution < -0.4 is 0 Å². The summed E-state index contributed by atoms with van der Waals surface area (Å²) in [5.74, 6) is 2.46. The van der Waals surface area contributed by atoms with E-state index in [0.717, 1.165) is 19.4 Å². The first kappa shape index (κ1) is 17.3. The molecule has 0 heterocycles. The van der Waals surface area contributed by atoms with Gasteiger partial charge in [0.1, 0.15) is 0 Å². The van der Waals surface area contributed by atoms with Crippen molar-refractivity contribution in [1.29, 1.82) is 0 Å². The first-order valence-corrected chi connectivity index (χ1v) is 8.82. The maximum absolute atomic E-state index is 8.66. The van der Waals surface area contributed by atoms with Crippen molar-refractivity contribution in [2.24, 2.45) is 4.99 Å². The summed E-state index contributed by atoms with van der Waals surface area (Å²) in [6.45, 7) is 1.28. The highest BCUT2D eigenvalue weighted by atomic mass is 32.2. The second-order valence-corrected chi connectivity index (χ2v) is 6.13. The van der Waals surface area contributed by atoms with Crippen molar-refractivity contribution in [3.05, 3.63) is 35.9 Å². The van der Waals surface area contributed by atoms with E-state index in [2.05, 4.69) is 17.1 Å². The predicted molar refractivity (Wildman–Crippen MR) is 91.0 cm³/mol. The molecular weight excluding hydrogens is 266 g/mol. The van der Waals surface area contributed by atoms with Crippen LogP contribution in [0.3, 0.4) is 0 Å². The summed E-state index contributed by atoms with van der Waals surface area (Å²) in [7, 11) is 0. The molecule has 0 spiro atoms. The van der Waals surface area contributed by atoms with Crippen LogP contribution in [0.25, 0.3) is 0 Å². The number of benzene rings is 1. The standard InChI is InChI=1S/C17H27NOS/c19-13-7-9-15-20-14-8-2-1-6-12-18-16-17-10-4-3-5-11-17/h3-5,10-11,16,19H,1-2,6-9,12-15H2. The van der Waals surface area contributed by atoms with Gasteiger partial charge >= 0.3 is 0 Å². The van der Waals surface area contributed by atoms with E-state index < -0.39 is 0 Å². The van der Waals surface area contributed by atoms with E-state index in [1.807, 2.05) is 36.2 Å². The number of unbranched alkanes of at least 4 members (excludes halogenated alkanes) is 4. The zero-order valence-corrected chi connectivity index (χ0v) is 13.2. The molecule has 1 N–H and O–H groups in total. The maximum Gasteiger partial charge on any atom is 0.0431 e. The lowest BCUT2D eigenvalue weighted by atomic mass is 10.2. The average Bonchev–Trinajstić information content (AvgIpc) is 2.49. The third-order valence-corrected chi connectivity index (χ3v) is 4.22. The molecule has 0 saturated carbocycles. The van der Waals surface area contributed by atoms with E-state index in [9.17, 15) is 0 Å². The van der Waals surface area contributed by atoms with Crippen LogP contribution in [0.15, 0.2) is 35.3 Å². The monoisotopic (exact) mass is 293 g/mol. The number of rotatable bonds is 12. The zero-order chi connectivity index (χ0) is 14.3. The summed E-state index contributed by atoms with van der Waals surface area (Å²) < 4.78 is 0. The van der Waals surface area contributed by atoms with Gasteiger partial charge < -0.3 is 5.11 Å². The Bertz CT molecular complexity index is 340. The molecule has 20 heavy (non-hydrogen) atoms. The fourth-order valence-corrected chi connectivity index (χ4v) is 2.91. The number of nitrogens with zero attached hydrogens (tertiary/aromatic N) is 1. The summed E-state index contributed by atoms with van der Waals surface area (Å²) in [6.07, 6.45) is 9.17. The Morgan fingerprint density at radius 2 is 1.60 bits per heavy atom. The van der Waals surface area contributed by atoms with Gasteiger partial charge in [0.05, 0.1) is 0 Å². The van der Waals surface area contributed by atoms with E-state index >= 15 is 0 Å². The Labute approximate surface area is 127 Å². The number of hydrogen-bond acceptors (Lipinski definition) is 3. The lowest BCUT2D eigenvalue weighted by molar-refractivity contribution is 0.287. The number of hydrogen-bond donors (Lipinski definition) is 1. The van der Waals surface area contributed by atoms with Crippen molar-refractivity contribution in [2.45, 2.75) is 38.5 Å². The molecule has 0 aliphatic rings. The fraction of sp³-hybridized carbons (Fsp3) is 0.588. The molecule has 0 aliphatic heterocycles. The minimum Gasteiger partial charge on any atom is -0.396 e. The molecule has 1 aromatic rings. The van der Waals surface area contributed by atoms with Crippen LogP contribution in [0.4, 0.5) is 0 Å². The zero-order valence-electron chi connectivity index (χ0n) is 12.3.